The zero-order valence-corrected chi connectivity index (χ0v) is 16.7. The van der Waals surface area contributed by atoms with Crippen molar-refractivity contribution in [3.8, 4) is 17.1 Å². The Bertz CT molecular complexity index is 1040. The van der Waals surface area contributed by atoms with E-state index in [1.54, 1.807) is 0 Å². The Morgan fingerprint density at radius 2 is 1.84 bits per heavy atom. The first-order chi connectivity index (χ1) is 15.0. The summed E-state index contributed by atoms with van der Waals surface area (Å²) in [6.07, 6.45) is 4.29. The van der Waals surface area contributed by atoms with Gasteiger partial charge in [-0.15, -0.1) is 0 Å². The molecule has 2 heterocycles. The van der Waals surface area contributed by atoms with Crippen LogP contribution >= 0.6 is 0 Å². The predicted octanol–water partition coefficient (Wildman–Crippen LogP) is 3.59. The fourth-order valence-corrected chi connectivity index (χ4v) is 2.75. The minimum absolute atomic E-state index is 0.162. The van der Waals surface area contributed by atoms with E-state index in [1.165, 1.54) is 12.5 Å². The highest BCUT2D eigenvalue weighted by atomic mass is 19.1. The minimum atomic E-state index is -0.991. The van der Waals surface area contributed by atoms with Gasteiger partial charge in [0.2, 0.25) is 5.88 Å². The van der Waals surface area contributed by atoms with Crippen LogP contribution in [0.1, 0.15) is 23.3 Å². The number of anilines is 1. The maximum Gasteiger partial charge on any atom is 0.274 e. The fourth-order valence-electron chi connectivity index (χ4n) is 2.75. The topological polar surface area (TPSA) is 89.0 Å². The summed E-state index contributed by atoms with van der Waals surface area (Å²) in [5, 5.41) is 5.56. The number of amides is 1. The zero-order valence-electron chi connectivity index (χ0n) is 16.7. The first-order valence-electron chi connectivity index (χ1n) is 9.51. The van der Waals surface area contributed by atoms with E-state index in [2.05, 4.69) is 25.6 Å². The van der Waals surface area contributed by atoms with Gasteiger partial charge in [0, 0.05) is 0 Å². The zero-order chi connectivity index (χ0) is 22.2. The molecule has 2 N–H and O–H groups in total. The van der Waals surface area contributed by atoms with Gasteiger partial charge in [-0.2, -0.15) is 4.98 Å². The predicted molar refractivity (Wildman–Crippen MR) is 108 cm³/mol. The summed E-state index contributed by atoms with van der Waals surface area (Å²) in [5.41, 5.74) is -1.31. The van der Waals surface area contributed by atoms with Crippen molar-refractivity contribution in [1.82, 2.24) is 20.3 Å². The SMILES string of the molecule is CNCCCCOc1ncncc1NC(=O)c1ccc(F)c(-c2c(F)cccc2F)n1. The van der Waals surface area contributed by atoms with Crippen molar-refractivity contribution in [2.24, 2.45) is 0 Å². The summed E-state index contributed by atoms with van der Waals surface area (Å²) in [6, 6.07) is 5.14. The maximum absolute atomic E-state index is 14.2. The number of benzene rings is 1. The summed E-state index contributed by atoms with van der Waals surface area (Å²) in [6.45, 7) is 1.23. The van der Waals surface area contributed by atoms with Gasteiger partial charge in [0.05, 0.1) is 18.4 Å². The van der Waals surface area contributed by atoms with Crippen molar-refractivity contribution in [2.75, 3.05) is 25.5 Å². The smallest absolute Gasteiger partial charge is 0.274 e. The summed E-state index contributed by atoms with van der Waals surface area (Å²) in [7, 11) is 1.86. The molecule has 10 heteroatoms. The van der Waals surface area contributed by atoms with Crippen LogP contribution in [0.15, 0.2) is 42.9 Å². The normalized spacial score (nSPS) is 10.7. The van der Waals surface area contributed by atoms with Gasteiger partial charge in [-0.1, -0.05) is 6.07 Å². The number of halogens is 3. The van der Waals surface area contributed by atoms with Crippen LogP contribution in [0.3, 0.4) is 0 Å². The number of nitrogens with one attached hydrogen (secondary N) is 2. The van der Waals surface area contributed by atoms with E-state index in [-0.39, 0.29) is 17.3 Å². The van der Waals surface area contributed by atoms with Gasteiger partial charge in [0.25, 0.3) is 5.91 Å². The molecule has 0 saturated heterocycles. The Hall–Kier alpha value is -3.53. The molecule has 0 aliphatic heterocycles. The lowest BCUT2D eigenvalue weighted by Crippen LogP contribution is -2.16. The molecule has 0 unspecified atom stereocenters. The summed E-state index contributed by atoms with van der Waals surface area (Å²) in [4.78, 5) is 24.3. The van der Waals surface area contributed by atoms with Crippen LogP contribution in [0.25, 0.3) is 11.3 Å². The van der Waals surface area contributed by atoms with Gasteiger partial charge in [-0.3, -0.25) is 4.79 Å². The van der Waals surface area contributed by atoms with Gasteiger partial charge in [0.1, 0.15) is 40.9 Å². The van der Waals surface area contributed by atoms with Gasteiger partial charge in [-0.05, 0) is 50.7 Å². The number of rotatable bonds is 9. The average Bonchev–Trinajstić information content (AvgIpc) is 2.75. The Labute approximate surface area is 176 Å². The number of hydrogen-bond donors (Lipinski definition) is 2. The number of carbonyl (C=O) groups is 1. The van der Waals surface area contributed by atoms with Gasteiger partial charge in [-0.25, -0.2) is 23.1 Å². The van der Waals surface area contributed by atoms with E-state index in [9.17, 15) is 18.0 Å². The second kappa shape index (κ2) is 10.5. The van der Waals surface area contributed by atoms with Crippen molar-refractivity contribution in [1.29, 1.82) is 0 Å². The molecule has 7 nitrogen and oxygen atoms in total. The minimum Gasteiger partial charge on any atom is -0.476 e. The molecule has 0 radical (unpaired) electrons. The highest BCUT2D eigenvalue weighted by Crippen LogP contribution is 2.27. The van der Waals surface area contributed by atoms with E-state index in [0.717, 1.165) is 49.7 Å². The lowest BCUT2D eigenvalue weighted by molar-refractivity contribution is 0.102. The Kier molecular flexibility index (Phi) is 7.50. The van der Waals surface area contributed by atoms with Crippen LogP contribution in [0, 0.1) is 17.5 Å². The van der Waals surface area contributed by atoms with Crippen molar-refractivity contribution in [3.63, 3.8) is 0 Å². The van der Waals surface area contributed by atoms with E-state index >= 15 is 0 Å². The molecule has 0 aliphatic rings. The molecule has 0 aliphatic carbocycles. The van der Waals surface area contributed by atoms with Crippen LogP contribution in [-0.4, -0.2) is 41.1 Å². The quantitative estimate of drug-likeness (QED) is 0.504. The lowest BCUT2D eigenvalue weighted by atomic mass is 10.1. The molecule has 31 heavy (non-hydrogen) atoms. The Balaban J connectivity index is 1.79. The third kappa shape index (κ3) is 5.54. The van der Waals surface area contributed by atoms with Crippen LogP contribution < -0.4 is 15.4 Å². The molecule has 1 amide bonds. The van der Waals surface area contributed by atoms with E-state index in [1.807, 2.05) is 7.05 Å². The molecular weight excluding hydrogens is 411 g/mol. The third-order valence-electron chi connectivity index (χ3n) is 4.26. The maximum atomic E-state index is 14.2. The molecule has 0 spiro atoms. The van der Waals surface area contributed by atoms with Crippen molar-refractivity contribution in [2.45, 2.75) is 12.8 Å². The van der Waals surface area contributed by atoms with Crippen LogP contribution in [0.2, 0.25) is 0 Å². The van der Waals surface area contributed by atoms with E-state index < -0.39 is 34.6 Å². The van der Waals surface area contributed by atoms with E-state index in [4.69, 9.17) is 4.74 Å². The summed E-state index contributed by atoms with van der Waals surface area (Å²) < 4.78 is 47.9. The molecule has 2 aromatic heterocycles. The molecular formula is C21H20F3N5O2. The van der Waals surface area contributed by atoms with E-state index in [0.29, 0.717) is 6.61 Å². The first-order valence-corrected chi connectivity index (χ1v) is 9.51. The highest BCUT2D eigenvalue weighted by Gasteiger charge is 2.20. The summed E-state index contributed by atoms with van der Waals surface area (Å²) in [5.74, 6) is -3.53. The van der Waals surface area contributed by atoms with Crippen LogP contribution in [0.5, 0.6) is 5.88 Å². The molecule has 1 aromatic carbocycles. The second-order valence-corrected chi connectivity index (χ2v) is 6.48. The third-order valence-corrected chi connectivity index (χ3v) is 4.26. The molecule has 162 valence electrons. The molecule has 0 fully saturated rings. The molecule has 3 rings (SSSR count). The average molecular weight is 431 g/mol. The number of hydrogen-bond acceptors (Lipinski definition) is 6. The monoisotopic (exact) mass is 431 g/mol. The van der Waals surface area contributed by atoms with Crippen LogP contribution in [-0.2, 0) is 0 Å². The van der Waals surface area contributed by atoms with Gasteiger partial charge in [0.15, 0.2) is 0 Å². The number of nitrogens with zero attached hydrogens (tertiary/aromatic N) is 3. The molecule has 0 saturated carbocycles. The second-order valence-electron chi connectivity index (χ2n) is 6.48. The number of unbranched alkanes of at least 4 members (excludes halogenated alkanes) is 1. The number of aromatic nitrogens is 3. The highest BCUT2D eigenvalue weighted by molar-refractivity contribution is 6.03. The standard InChI is InChI=1S/C21H20F3N5O2/c1-25-9-2-3-10-31-21-17(11-26-12-27-21)29-20(30)16-8-7-15(24)19(28-16)18-13(22)5-4-6-14(18)23/h4-8,11-12,25H,2-3,9-10H2,1H3,(H,29,30). The summed E-state index contributed by atoms with van der Waals surface area (Å²) >= 11 is 0. The number of ether oxygens (including phenoxy) is 1. The number of carbonyl (C=O) groups excluding carboxylic acids is 1. The van der Waals surface area contributed by atoms with Gasteiger partial charge < -0.3 is 15.4 Å². The molecule has 0 bridgehead atoms. The first kappa shape index (κ1) is 22.2. The van der Waals surface area contributed by atoms with Gasteiger partial charge >= 0.3 is 0 Å². The lowest BCUT2D eigenvalue weighted by Gasteiger charge is -2.11. The Morgan fingerprint density at radius 3 is 2.58 bits per heavy atom. The Morgan fingerprint density at radius 1 is 1.06 bits per heavy atom. The molecule has 0 atom stereocenters. The van der Waals surface area contributed by atoms with Crippen molar-refractivity contribution in [3.05, 3.63) is 66.0 Å². The fraction of sp³-hybridized carbons (Fsp3) is 0.238. The van der Waals surface area contributed by atoms with Crippen LogP contribution in [0.4, 0.5) is 18.9 Å². The largest absolute Gasteiger partial charge is 0.476 e. The number of pyridine rings is 1. The molecule has 3 aromatic rings. The van der Waals surface area contributed by atoms with Crippen molar-refractivity contribution >= 4 is 11.6 Å². The van der Waals surface area contributed by atoms with Crippen molar-refractivity contribution < 1.29 is 22.7 Å².